The van der Waals surface area contributed by atoms with Crippen molar-refractivity contribution in [3.8, 4) is 6.07 Å². The van der Waals surface area contributed by atoms with Gasteiger partial charge in [0.25, 0.3) is 0 Å². The minimum Gasteiger partial charge on any atom is -0.397 e. The van der Waals surface area contributed by atoms with Gasteiger partial charge in [-0.25, -0.2) is 4.39 Å². The maximum absolute atomic E-state index is 13.3. The van der Waals surface area contributed by atoms with Crippen LogP contribution in [0.4, 0.5) is 21.5 Å². The number of nitriles is 1. The van der Waals surface area contributed by atoms with Crippen molar-refractivity contribution in [2.24, 2.45) is 0 Å². The fourth-order valence-corrected chi connectivity index (χ4v) is 1.99. The van der Waals surface area contributed by atoms with Gasteiger partial charge in [0.1, 0.15) is 5.82 Å². The largest absolute Gasteiger partial charge is 0.397 e. The summed E-state index contributed by atoms with van der Waals surface area (Å²) in [5.41, 5.74) is 8.96. The van der Waals surface area contributed by atoms with Crippen LogP contribution in [0.15, 0.2) is 34.8 Å². The molecular weight excluding hydrogens is 309 g/mol. The second-order valence-electron chi connectivity index (χ2n) is 4.12. The lowest BCUT2D eigenvalue weighted by molar-refractivity contribution is 0.622. The number of nitrogens with one attached hydrogen (secondary N) is 1. The normalized spacial score (nSPS) is 10.0. The maximum Gasteiger partial charge on any atom is 0.139 e. The van der Waals surface area contributed by atoms with E-state index >= 15 is 0 Å². The lowest BCUT2D eigenvalue weighted by Gasteiger charge is -2.13. The molecule has 0 atom stereocenters. The summed E-state index contributed by atoms with van der Waals surface area (Å²) in [6.07, 6.45) is 0. The SMILES string of the molecule is Cc1ccc(C#N)cc1Nc1cc(Br)c(F)cc1N. The molecule has 0 saturated carbocycles. The van der Waals surface area contributed by atoms with Gasteiger partial charge in [-0.2, -0.15) is 5.26 Å². The molecule has 2 rings (SSSR count). The Morgan fingerprint density at radius 3 is 2.68 bits per heavy atom. The average molecular weight is 320 g/mol. The third-order valence-corrected chi connectivity index (χ3v) is 3.34. The van der Waals surface area contributed by atoms with Crippen molar-refractivity contribution in [2.75, 3.05) is 11.1 Å². The Labute approximate surface area is 119 Å². The van der Waals surface area contributed by atoms with Crippen molar-refractivity contribution in [3.63, 3.8) is 0 Å². The second-order valence-corrected chi connectivity index (χ2v) is 4.97. The van der Waals surface area contributed by atoms with Crippen LogP contribution in [0, 0.1) is 24.1 Å². The summed E-state index contributed by atoms with van der Waals surface area (Å²) in [6.45, 7) is 1.91. The van der Waals surface area contributed by atoms with Gasteiger partial charge >= 0.3 is 0 Å². The van der Waals surface area contributed by atoms with E-state index in [2.05, 4.69) is 27.3 Å². The predicted molar refractivity (Wildman–Crippen MR) is 77.7 cm³/mol. The number of hydrogen-bond acceptors (Lipinski definition) is 3. The van der Waals surface area contributed by atoms with Crippen LogP contribution in [-0.2, 0) is 0 Å². The Balaban J connectivity index is 2.42. The van der Waals surface area contributed by atoms with Crippen molar-refractivity contribution < 1.29 is 4.39 Å². The highest BCUT2D eigenvalue weighted by molar-refractivity contribution is 9.10. The smallest absolute Gasteiger partial charge is 0.139 e. The minimum atomic E-state index is -0.412. The molecule has 0 bridgehead atoms. The Kier molecular flexibility index (Phi) is 3.72. The molecule has 2 aromatic rings. The van der Waals surface area contributed by atoms with Crippen LogP contribution in [0.5, 0.6) is 0 Å². The topological polar surface area (TPSA) is 61.8 Å². The Hall–Kier alpha value is -2.06. The number of nitrogens with zero attached hydrogens (tertiary/aromatic N) is 1. The summed E-state index contributed by atoms with van der Waals surface area (Å²) in [5, 5.41) is 12.0. The zero-order valence-electron chi connectivity index (χ0n) is 10.2. The fraction of sp³-hybridized carbons (Fsp3) is 0.0714. The fourth-order valence-electron chi connectivity index (χ4n) is 1.64. The molecule has 0 fully saturated rings. The van der Waals surface area contributed by atoms with Crippen LogP contribution in [0.3, 0.4) is 0 Å². The average Bonchev–Trinajstić information content (AvgIpc) is 2.38. The van der Waals surface area contributed by atoms with Crippen molar-refractivity contribution in [1.82, 2.24) is 0 Å². The van der Waals surface area contributed by atoms with E-state index in [-0.39, 0.29) is 0 Å². The van der Waals surface area contributed by atoms with Gasteiger partial charge in [0.15, 0.2) is 0 Å². The Bertz CT molecular complexity index is 677. The van der Waals surface area contributed by atoms with Gasteiger partial charge < -0.3 is 11.1 Å². The lowest BCUT2D eigenvalue weighted by Crippen LogP contribution is -1.99. The summed E-state index contributed by atoms with van der Waals surface area (Å²) in [6, 6.07) is 10.2. The zero-order valence-corrected chi connectivity index (χ0v) is 11.8. The summed E-state index contributed by atoms with van der Waals surface area (Å²) in [5.74, 6) is -0.412. The summed E-state index contributed by atoms with van der Waals surface area (Å²) in [4.78, 5) is 0. The molecule has 0 radical (unpaired) electrons. The number of nitrogens with two attached hydrogens (primary N) is 1. The summed E-state index contributed by atoms with van der Waals surface area (Å²) < 4.78 is 13.6. The number of anilines is 3. The van der Waals surface area contributed by atoms with Gasteiger partial charge in [-0.15, -0.1) is 0 Å². The van der Waals surface area contributed by atoms with Crippen molar-refractivity contribution in [3.05, 3.63) is 51.7 Å². The van der Waals surface area contributed by atoms with Crippen molar-refractivity contribution in [2.45, 2.75) is 6.92 Å². The molecule has 0 amide bonds. The molecule has 2 aromatic carbocycles. The van der Waals surface area contributed by atoms with Gasteiger partial charge in [0.2, 0.25) is 0 Å². The Morgan fingerprint density at radius 1 is 1.26 bits per heavy atom. The van der Waals surface area contributed by atoms with Gasteiger partial charge in [-0.3, -0.25) is 0 Å². The van der Waals surface area contributed by atoms with E-state index in [1.807, 2.05) is 13.0 Å². The maximum atomic E-state index is 13.3. The number of halogens is 2. The first kappa shape index (κ1) is 13.4. The van der Waals surface area contributed by atoms with Crippen molar-refractivity contribution in [1.29, 1.82) is 5.26 Å². The van der Waals surface area contributed by atoms with Gasteiger partial charge in [-0.1, -0.05) is 6.07 Å². The highest BCUT2D eigenvalue weighted by Gasteiger charge is 2.08. The molecule has 0 spiro atoms. The molecule has 0 heterocycles. The van der Waals surface area contributed by atoms with Crippen LogP contribution in [0.25, 0.3) is 0 Å². The van der Waals surface area contributed by atoms with Crippen LogP contribution < -0.4 is 11.1 Å². The number of aryl methyl sites for hydroxylation is 1. The first-order chi connectivity index (χ1) is 9.01. The number of rotatable bonds is 2. The van der Waals surface area contributed by atoms with E-state index in [4.69, 9.17) is 11.0 Å². The van der Waals surface area contributed by atoms with Gasteiger partial charge in [-0.05, 0) is 46.6 Å². The van der Waals surface area contributed by atoms with Gasteiger partial charge in [0.05, 0.1) is 27.5 Å². The number of benzene rings is 2. The first-order valence-electron chi connectivity index (χ1n) is 5.53. The van der Waals surface area contributed by atoms with E-state index in [0.717, 1.165) is 11.3 Å². The Morgan fingerprint density at radius 2 is 2.00 bits per heavy atom. The monoisotopic (exact) mass is 319 g/mol. The predicted octanol–water partition coefficient (Wildman–Crippen LogP) is 4.09. The van der Waals surface area contributed by atoms with Gasteiger partial charge in [0, 0.05) is 11.8 Å². The molecule has 96 valence electrons. The highest BCUT2D eigenvalue weighted by atomic mass is 79.9. The summed E-state index contributed by atoms with van der Waals surface area (Å²) in [7, 11) is 0. The molecule has 0 aliphatic heterocycles. The summed E-state index contributed by atoms with van der Waals surface area (Å²) >= 11 is 3.12. The van der Waals surface area contributed by atoms with Crippen molar-refractivity contribution >= 4 is 33.0 Å². The van der Waals surface area contributed by atoms with E-state index in [9.17, 15) is 4.39 Å². The molecule has 0 unspecified atom stereocenters. The minimum absolute atomic E-state index is 0.308. The molecule has 3 nitrogen and oxygen atoms in total. The first-order valence-corrected chi connectivity index (χ1v) is 6.33. The van der Waals surface area contributed by atoms with Crippen LogP contribution >= 0.6 is 15.9 Å². The molecule has 3 N–H and O–H groups in total. The number of nitrogen functional groups attached to an aromatic ring is 1. The molecule has 5 heteroatoms. The van der Waals surface area contributed by atoms with E-state index in [0.29, 0.717) is 21.4 Å². The molecule has 0 aliphatic carbocycles. The third-order valence-electron chi connectivity index (χ3n) is 2.73. The zero-order chi connectivity index (χ0) is 14.0. The molecule has 19 heavy (non-hydrogen) atoms. The van der Waals surface area contributed by atoms with E-state index in [1.54, 1.807) is 18.2 Å². The van der Waals surface area contributed by atoms with E-state index < -0.39 is 5.82 Å². The molecular formula is C14H11BrFN3. The molecule has 0 aliphatic rings. The van der Waals surface area contributed by atoms with Crippen LogP contribution in [0.2, 0.25) is 0 Å². The number of hydrogen-bond donors (Lipinski definition) is 2. The second kappa shape index (κ2) is 5.29. The van der Waals surface area contributed by atoms with Crippen LogP contribution in [0.1, 0.15) is 11.1 Å². The quantitative estimate of drug-likeness (QED) is 0.819. The van der Waals surface area contributed by atoms with E-state index in [1.165, 1.54) is 6.07 Å². The van der Waals surface area contributed by atoms with Crippen LogP contribution in [-0.4, -0.2) is 0 Å². The highest BCUT2D eigenvalue weighted by Crippen LogP contribution is 2.30. The molecule has 0 aromatic heterocycles. The third kappa shape index (κ3) is 2.85. The standard InChI is InChI=1S/C14H11BrFN3/c1-8-2-3-9(7-17)4-13(8)19-14-5-10(15)11(16)6-12(14)18/h2-6,19H,18H2,1H3. The molecule has 0 saturated heterocycles. The lowest BCUT2D eigenvalue weighted by atomic mass is 10.1.